The molecule has 2 aromatic heterocycles. The van der Waals surface area contributed by atoms with Crippen LogP contribution < -0.4 is 0 Å². The molecular weight excluding hydrogens is 349 g/mol. The zero-order valence-electron chi connectivity index (χ0n) is 15.1. The van der Waals surface area contributed by atoms with Gasteiger partial charge in [0.1, 0.15) is 23.9 Å². The monoisotopic (exact) mass is 371 g/mol. The van der Waals surface area contributed by atoms with Crippen molar-refractivity contribution in [3.05, 3.63) is 59.9 Å². The third kappa shape index (κ3) is 2.82. The van der Waals surface area contributed by atoms with E-state index in [2.05, 4.69) is 9.97 Å². The van der Waals surface area contributed by atoms with Crippen LogP contribution >= 0.6 is 0 Å². The summed E-state index contributed by atoms with van der Waals surface area (Å²) in [6.45, 7) is 3.47. The number of halogens is 1. The summed E-state index contributed by atoms with van der Waals surface area (Å²) >= 11 is 0. The third-order valence-electron chi connectivity index (χ3n) is 5.87. The predicted octanol–water partition coefficient (Wildman–Crippen LogP) is 2.07. The van der Waals surface area contributed by atoms with Gasteiger partial charge in [0.2, 0.25) is 0 Å². The lowest BCUT2D eigenvalue weighted by Crippen LogP contribution is -2.40. The molecule has 1 fully saturated rings. The summed E-state index contributed by atoms with van der Waals surface area (Å²) in [7, 11) is 0. The van der Waals surface area contributed by atoms with Gasteiger partial charge in [0.15, 0.2) is 0 Å². The number of fused-ring (bicyclic) bond motifs is 1. The van der Waals surface area contributed by atoms with E-state index in [4.69, 9.17) is 0 Å². The van der Waals surface area contributed by atoms with Gasteiger partial charge in [0, 0.05) is 17.5 Å². The minimum Gasteiger partial charge on any atom is -0.390 e. The Morgan fingerprint density at radius 3 is 2.52 bits per heavy atom. The van der Waals surface area contributed by atoms with Crippen LogP contribution in [0.15, 0.2) is 42.9 Å². The first-order chi connectivity index (χ1) is 12.8. The molecule has 3 N–H and O–H groups in total. The van der Waals surface area contributed by atoms with Crippen LogP contribution in [0.4, 0.5) is 4.39 Å². The maximum absolute atomic E-state index is 13.2. The Balaban J connectivity index is 1.70. The molecule has 2 heterocycles. The first kappa shape index (κ1) is 18.0. The number of aliphatic hydroxyl groups is 3. The largest absolute Gasteiger partial charge is 0.390 e. The molecule has 0 aliphatic heterocycles. The standard InChI is InChI=1S/C20H22FN3O3/c1-11-14-7-8-24(19(14)23-10-22-11)16-9-15(17(25)18(16)26)20(2,27)12-3-5-13(21)6-4-12/h3-8,10,15-18,25-27H,9H2,1-2H3/t15?,16-,17-,18+,20+/m1/s1. The van der Waals surface area contributed by atoms with Gasteiger partial charge in [-0.1, -0.05) is 12.1 Å². The van der Waals surface area contributed by atoms with Gasteiger partial charge in [-0.25, -0.2) is 14.4 Å². The van der Waals surface area contributed by atoms with Crippen LogP contribution in [0.1, 0.15) is 30.6 Å². The summed E-state index contributed by atoms with van der Waals surface area (Å²) in [5, 5.41) is 33.4. The molecule has 3 aromatic rings. The second kappa shape index (κ2) is 6.37. The number of aromatic nitrogens is 3. The van der Waals surface area contributed by atoms with E-state index in [0.29, 0.717) is 17.6 Å². The summed E-state index contributed by atoms with van der Waals surface area (Å²) in [5.74, 6) is -1.02. The summed E-state index contributed by atoms with van der Waals surface area (Å²) in [4.78, 5) is 8.49. The molecule has 0 spiro atoms. The maximum Gasteiger partial charge on any atom is 0.143 e. The SMILES string of the molecule is Cc1ncnc2c1ccn2[C@@H]1CC([C@@](C)(O)c2ccc(F)cc2)[C@@H](O)[C@H]1O. The molecule has 0 saturated heterocycles. The van der Waals surface area contributed by atoms with Crippen molar-refractivity contribution >= 4 is 11.0 Å². The molecule has 0 bridgehead atoms. The minimum absolute atomic E-state index is 0.347. The van der Waals surface area contributed by atoms with Gasteiger partial charge in [0.25, 0.3) is 0 Å². The van der Waals surface area contributed by atoms with Crippen LogP contribution in [0.25, 0.3) is 11.0 Å². The normalized spacial score (nSPS) is 27.8. The Morgan fingerprint density at radius 2 is 1.81 bits per heavy atom. The van der Waals surface area contributed by atoms with Gasteiger partial charge in [-0.2, -0.15) is 0 Å². The van der Waals surface area contributed by atoms with Crippen molar-refractivity contribution in [3.8, 4) is 0 Å². The molecule has 1 saturated carbocycles. The maximum atomic E-state index is 13.2. The summed E-state index contributed by atoms with van der Waals surface area (Å²) in [5.41, 5.74) is 0.593. The first-order valence-corrected chi connectivity index (χ1v) is 8.93. The highest BCUT2D eigenvalue weighted by atomic mass is 19.1. The van der Waals surface area contributed by atoms with E-state index in [1.807, 2.05) is 23.8 Å². The lowest BCUT2D eigenvalue weighted by molar-refractivity contribution is -0.0752. The Bertz CT molecular complexity index is 970. The molecule has 1 unspecified atom stereocenters. The average molecular weight is 371 g/mol. The molecule has 7 heteroatoms. The molecule has 4 rings (SSSR count). The lowest BCUT2D eigenvalue weighted by atomic mass is 9.80. The van der Waals surface area contributed by atoms with Crippen molar-refractivity contribution in [2.24, 2.45) is 5.92 Å². The van der Waals surface area contributed by atoms with E-state index in [9.17, 15) is 19.7 Å². The number of hydrogen-bond acceptors (Lipinski definition) is 5. The predicted molar refractivity (Wildman–Crippen MR) is 97.4 cm³/mol. The lowest BCUT2D eigenvalue weighted by Gasteiger charge is -2.33. The smallest absolute Gasteiger partial charge is 0.143 e. The topological polar surface area (TPSA) is 91.4 Å². The quantitative estimate of drug-likeness (QED) is 0.656. The molecular formula is C20H22FN3O3. The molecule has 5 atom stereocenters. The minimum atomic E-state index is -1.42. The Labute approximate surface area is 155 Å². The zero-order chi connectivity index (χ0) is 19.3. The number of benzene rings is 1. The van der Waals surface area contributed by atoms with E-state index < -0.39 is 35.6 Å². The fourth-order valence-electron chi connectivity index (χ4n) is 4.21. The molecule has 1 aliphatic carbocycles. The molecule has 142 valence electrons. The van der Waals surface area contributed by atoms with Crippen LogP contribution in [0.5, 0.6) is 0 Å². The van der Waals surface area contributed by atoms with Gasteiger partial charge in [-0.3, -0.25) is 0 Å². The van der Waals surface area contributed by atoms with Gasteiger partial charge in [-0.05, 0) is 44.0 Å². The van der Waals surface area contributed by atoms with Crippen molar-refractivity contribution in [1.29, 1.82) is 0 Å². The fraction of sp³-hybridized carbons (Fsp3) is 0.400. The molecule has 0 amide bonds. The second-order valence-corrected chi connectivity index (χ2v) is 7.46. The molecule has 0 radical (unpaired) electrons. The number of aryl methyl sites for hydroxylation is 1. The molecule has 6 nitrogen and oxygen atoms in total. The van der Waals surface area contributed by atoms with Crippen molar-refractivity contribution in [2.75, 3.05) is 0 Å². The van der Waals surface area contributed by atoms with Crippen molar-refractivity contribution in [2.45, 2.75) is 44.1 Å². The second-order valence-electron chi connectivity index (χ2n) is 7.46. The molecule has 27 heavy (non-hydrogen) atoms. The molecule has 1 aliphatic rings. The van der Waals surface area contributed by atoms with Gasteiger partial charge in [0.05, 0.1) is 23.4 Å². The van der Waals surface area contributed by atoms with E-state index in [-0.39, 0.29) is 0 Å². The van der Waals surface area contributed by atoms with Crippen LogP contribution in [0.3, 0.4) is 0 Å². The zero-order valence-corrected chi connectivity index (χ0v) is 15.1. The summed E-state index contributed by atoms with van der Waals surface area (Å²) in [6, 6.07) is 7.00. The van der Waals surface area contributed by atoms with E-state index >= 15 is 0 Å². The number of hydrogen-bond donors (Lipinski definition) is 3. The fourth-order valence-corrected chi connectivity index (χ4v) is 4.21. The van der Waals surface area contributed by atoms with Gasteiger partial charge >= 0.3 is 0 Å². The first-order valence-electron chi connectivity index (χ1n) is 8.93. The Morgan fingerprint density at radius 1 is 1.11 bits per heavy atom. The van der Waals surface area contributed by atoms with Crippen molar-refractivity contribution in [1.82, 2.24) is 14.5 Å². The van der Waals surface area contributed by atoms with Gasteiger partial charge in [-0.15, -0.1) is 0 Å². The molecule has 1 aromatic carbocycles. The van der Waals surface area contributed by atoms with E-state index in [0.717, 1.165) is 11.1 Å². The van der Waals surface area contributed by atoms with Crippen molar-refractivity contribution in [3.63, 3.8) is 0 Å². The van der Waals surface area contributed by atoms with Crippen LogP contribution in [0, 0.1) is 18.7 Å². The number of rotatable bonds is 3. The third-order valence-corrected chi connectivity index (χ3v) is 5.87. The average Bonchev–Trinajstić information content (AvgIpc) is 3.19. The van der Waals surface area contributed by atoms with E-state index in [1.165, 1.54) is 30.6 Å². The summed E-state index contributed by atoms with van der Waals surface area (Å²) in [6.07, 6.45) is 1.45. The van der Waals surface area contributed by atoms with Crippen molar-refractivity contribution < 1.29 is 19.7 Å². The number of aliphatic hydroxyl groups excluding tert-OH is 2. The summed E-state index contributed by atoms with van der Waals surface area (Å²) < 4.78 is 15.1. The Kier molecular flexibility index (Phi) is 4.25. The van der Waals surface area contributed by atoms with E-state index in [1.54, 1.807) is 6.92 Å². The van der Waals surface area contributed by atoms with Crippen LogP contribution in [0.2, 0.25) is 0 Å². The highest BCUT2D eigenvalue weighted by Gasteiger charge is 2.50. The highest BCUT2D eigenvalue weighted by Crippen LogP contribution is 2.45. The Hall–Kier alpha value is -2.35. The van der Waals surface area contributed by atoms with Crippen LogP contribution in [-0.4, -0.2) is 42.1 Å². The number of nitrogens with zero attached hydrogens (tertiary/aromatic N) is 3. The van der Waals surface area contributed by atoms with Gasteiger partial charge < -0.3 is 19.9 Å². The highest BCUT2D eigenvalue weighted by molar-refractivity contribution is 5.78. The van der Waals surface area contributed by atoms with Crippen LogP contribution in [-0.2, 0) is 5.60 Å².